The van der Waals surface area contributed by atoms with Crippen LogP contribution in [0, 0.1) is 11.7 Å². The Hall–Kier alpha value is -1.18. The molecular weight excluding hydrogens is 311 g/mol. The third-order valence-corrected chi connectivity index (χ3v) is 4.28. The minimum absolute atomic E-state index is 0.0654. The molecule has 0 spiro atoms. The second kappa shape index (κ2) is 6.52. The summed E-state index contributed by atoms with van der Waals surface area (Å²) in [6.45, 7) is 1.72. The third kappa shape index (κ3) is 4.66. The molecule has 0 saturated heterocycles. The zero-order chi connectivity index (χ0) is 16.4. The molecule has 1 aliphatic rings. The fraction of sp³-hybridized carbons (Fsp3) is 0.600. The summed E-state index contributed by atoms with van der Waals surface area (Å²) in [6.07, 6.45) is 3.30. The van der Waals surface area contributed by atoms with Gasteiger partial charge in [0.1, 0.15) is 5.60 Å². The summed E-state index contributed by atoms with van der Waals surface area (Å²) in [6, 6.07) is 4.03. The SMILES string of the molecule is CC[C@@](O)(COS(C)(=O)=O)c1ccc(F)c(OCC2CC2)c1. The number of ether oxygens (including phenoxy) is 1. The summed E-state index contributed by atoms with van der Waals surface area (Å²) in [5.41, 5.74) is -1.15. The maximum absolute atomic E-state index is 13.8. The molecule has 0 aromatic heterocycles. The van der Waals surface area contributed by atoms with Crippen molar-refractivity contribution >= 4 is 10.1 Å². The fourth-order valence-corrected chi connectivity index (χ4v) is 2.40. The quantitative estimate of drug-likeness (QED) is 0.739. The Labute approximate surface area is 130 Å². The second-order valence-electron chi connectivity index (χ2n) is 5.75. The Morgan fingerprint density at radius 1 is 1.41 bits per heavy atom. The van der Waals surface area contributed by atoms with E-state index in [1.54, 1.807) is 6.92 Å². The highest BCUT2D eigenvalue weighted by atomic mass is 32.2. The van der Waals surface area contributed by atoms with Gasteiger partial charge >= 0.3 is 0 Å². The van der Waals surface area contributed by atoms with Gasteiger partial charge in [0.15, 0.2) is 11.6 Å². The molecule has 0 amide bonds. The van der Waals surface area contributed by atoms with Crippen molar-refractivity contribution in [3.05, 3.63) is 29.6 Å². The summed E-state index contributed by atoms with van der Waals surface area (Å²) in [7, 11) is -3.67. The molecule has 1 N–H and O–H groups in total. The predicted octanol–water partition coefficient (Wildman–Crippen LogP) is 2.19. The molecule has 1 saturated carbocycles. The van der Waals surface area contributed by atoms with E-state index < -0.39 is 28.1 Å². The van der Waals surface area contributed by atoms with E-state index in [0.29, 0.717) is 18.1 Å². The topological polar surface area (TPSA) is 72.8 Å². The molecule has 0 aliphatic heterocycles. The van der Waals surface area contributed by atoms with Crippen LogP contribution >= 0.6 is 0 Å². The van der Waals surface area contributed by atoms with Crippen molar-refractivity contribution in [3.63, 3.8) is 0 Å². The third-order valence-electron chi connectivity index (χ3n) is 3.74. The highest BCUT2D eigenvalue weighted by Gasteiger charge is 2.31. The number of hydrogen-bond donors (Lipinski definition) is 1. The number of benzene rings is 1. The normalized spacial score (nSPS) is 18.0. The first-order valence-corrected chi connectivity index (χ1v) is 9.05. The average Bonchev–Trinajstić information content (AvgIpc) is 3.27. The maximum atomic E-state index is 13.8. The predicted molar refractivity (Wildman–Crippen MR) is 79.6 cm³/mol. The van der Waals surface area contributed by atoms with E-state index in [2.05, 4.69) is 0 Å². The summed E-state index contributed by atoms with van der Waals surface area (Å²) in [5, 5.41) is 10.6. The molecule has 1 aromatic carbocycles. The molecule has 0 bridgehead atoms. The Balaban J connectivity index is 2.17. The van der Waals surface area contributed by atoms with Crippen LogP contribution in [-0.4, -0.2) is 33.0 Å². The van der Waals surface area contributed by atoms with Gasteiger partial charge in [0.2, 0.25) is 0 Å². The Bertz CT molecular complexity index is 627. The Morgan fingerprint density at radius 2 is 2.09 bits per heavy atom. The van der Waals surface area contributed by atoms with Gasteiger partial charge in [0.25, 0.3) is 10.1 Å². The fourth-order valence-electron chi connectivity index (χ4n) is 1.99. The average molecular weight is 332 g/mol. The zero-order valence-corrected chi connectivity index (χ0v) is 13.5. The van der Waals surface area contributed by atoms with Crippen molar-refractivity contribution in [2.24, 2.45) is 5.92 Å². The van der Waals surface area contributed by atoms with Crippen LogP contribution in [0.2, 0.25) is 0 Å². The van der Waals surface area contributed by atoms with Gasteiger partial charge in [0.05, 0.1) is 19.5 Å². The minimum atomic E-state index is -3.67. The first kappa shape index (κ1) is 17.2. The summed E-state index contributed by atoms with van der Waals surface area (Å²) in [5.74, 6) is 0.0317. The lowest BCUT2D eigenvalue weighted by Crippen LogP contribution is -2.32. The minimum Gasteiger partial charge on any atom is -0.490 e. The molecule has 0 radical (unpaired) electrons. The number of aliphatic hydroxyl groups is 1. The molecule has 1 aromatic rings. The van der Waals surface area contributed by atoms with Crippen LogP contribution in [-0.2, 0) is 19.9 Å². The summed E-state index contributed by atoms with van der Waals surface area (Å²) < 4.78 is 46.1. The molecule has 0 heterocycles. The van der Waals surface area contributed by atoms with E-state index in [-0.39, 0.29) is 12.2 Å². The van der Waals surface area contributed by atoms with Gasteiger partial charge in [0, 0.05) is 0 Å². The highest BCUT2D eigenvalue weighted by molar-refractivity contribution is 7.85. The second-order valence-corrected chi connectivity index (χ2v) is 7.39. The van der Waals surface area contributed by atoms with Crippen LogP contribution in [0.15, 0.2) is 18.2 Å². The number of rotatable bonds is 8. The van der Waals surface area contributed by atoms with Crippen molar-refractivity contribution in [2.45, 2.75) is 31.8 Å². The van der Waals surface area contributed by atoms with Gasteiger partial charge < -0.3 is 9.84 Å². The molecule has 22 heavy (non-hydrogen) atoms. The van der Waals surface area contributed by atoms with Crippen LogP contribution in [0.1, 0.15) is 31.7 Å². The highest BCUT2D eigenvalue weighted by Crippen LogP contribution is 2.33. The largest absolute Gasteiger partial charge is 0.490 e. The lowest BCUT2D eigenvalue weighted by Gasteiger charge is -2.27. The van der Waals surface area contributed by atoms with Crippen LogP contribution in [0.5, 0.6) is 5.75 Å². The van der Waals surface area contributed by atoms with Crippen molar-refractivity contribution in [2.75, 3.05) is 19.5 Å². The molecule has 2 rings (SSSR count). The van der Waals surface area contributed by atoms with E-state index in [1.807, 2.05) is 0 Å². The van der Waals surface area contributed by atoms with E-state index in [1.165, 1.54) is 18.2 Å². The van der Waals surface area contributed by atoms with Gasteiger partial charge in [-0.15, -0.1) is 0 Å². The van der Waals surface area contributed by atoms with Crippen LogP contribution < -0.4 is 4.74 Å². The van der Waals surface area contributed by atoms with Gasteiger partial charge in [-0.05, 0) is 42.9 Å². The van der Waals surface area contributed by atoms with E-state index >= 15 is 0 Å². The maximum Gasteiger partial charge on any atom is 0.264 e. The summed E-state index contributed by atoms with van der Waals surface area (Å²) in [4.78, 5) is 0. The van der Waals surface area contributed by atoms with Crippen LogP contribution in [0.25, 0.3) is 0 Å². The molecule has 1 fully saturated rings. The first-order chi connectivity index (χ1) is 10.2. The van der Waals surface area contributed by atoms with Gasteiger partial charge in [-0.1, -0.05) is 13.0 Å². The van der Waals surface area contributed by atoms with Crippen LogP contribution in [0.4, 0.5) is 4.39 Å². The smallest absolute Gasteiger partial charge is 0.264 e. The molecule has 5 nitrogen and oxygen atoms in total. The van der Waals surface area contributed by atoms with Crippen molar-refractivity contribution < 1.29 is 26.8 Å². The molecule has 1 atom stereocenters. The van der Waals surface area contributed by atoms with Gasteiger partial charge in [-0.3, -0.25) is 4.18 Å². The molecular formula is C15H21FO5S. The zero-order valence-electron chi connectivity index (χ0n) is 12.7. The molecule has 124 valence electrons. The number of halogens is 1. The van der Waals surface area contributed by atoms with Crippen molar-refractivity contribution in [1.29, 1.82) is 0 Å². The van der Waals surface area contributed by atoms with E-state index in [9.17, 15) is 17.9 Å². The van der Waals surface area contributed by atoms with E-state index in [4.69, 9.17) is 8.92 Å². The lowest BCUT2D eigenvalue weighted by atomic mass is 9.92. The lowest BCUT2D eigenvalue weighted by molar-refractivity contribution is -0.0110. The standard InChI is InChI=1S/C15H21FO5S/c1-3-15(17,10-21-22(2,18)19)12-6-7-13(16)14(8-12)20-9-11-4-5-11/h6-8,11,17H,3-5,9-10H2,1-2H3/t15-/m1/s1. The number of hydrogen-bond acceptors (Lipinski definition) is 5. The monoisotopic (exact) mass is 332 g/mol. The van der Waals surface area contributed by atoms with Crippen molar-refractivity contribution in [3.8, 4) is 5.75 Å². The molecule has 7 heteroatoms. The van der Waals surface area contributed by atoms with Gasteiger partial charge in [-0.2, -0.15) is 8.42 Å². The van der Waals surface area contributed by atoms with E-state index in [0.717, 1.165) is 19.1 Å². The van der Waals surface area contributed by atoms with Crippen LogP contribution in [0.3, 0.4) is 0 Å². The van der Waals surface area contributed by atoms with Crippen molar-refractivity contribution in [1.82, 2.24) is 0 Å². The molecule has 1 aliphatic carbocycles. The summed E-state index contributed by atoms with van der Waals surface area (Å²) >= 11 is 0. The van der Waals surface area contributed by atoms with Gasteiger partial charge in [-0.25, -0.2) is 4.39 Å². The Kier molecular flexibility index (Phi) is 5.09. The Morgan fingerprint density at radius 3 is 2.64 bits per heavy atom. The first-order valence-electron chi connectivity index (χ1n) is 7.23. The molecule has 0 unspecified atom stereocenters.